The Kier molecular flexibility index (Phi) is 8.85. The van der Waals surface area contributed by atoms with Crippen LogP contribution in [0.4, 0.5) is 0 Å². The largest absolute Gasteiger partial charge is 0.496 e. The first-order chi connectivity index (χ1) is 16.0. The number of carboxylic acid groups (broad SMARTS) is 1. The van der Waals surface area contributed by atoms with Crippen molar-refractivity contribution in [2.75, 3.05) is 53.0 Å². The molecule has 2 fully saturated rings. The van der Waals surface area contributed by atoms with Crippen LogP contribution in [-0.2, 0) is 20.9 Å². The van der Waals surface area contributed by atoms with Gasteiger partial charge in [0, 0.05) is 63.0 Å². The predicted molar refractivity (Wildman–Crippen MR) is 121 cm³/mol. The molecule has 4 rings (SSSR count). The molecule has 10 nitrogen and oxygen atoms in total. The van der Waals surface area contributed by atoms with Gasteiger partial charge in [-0.3, -0.25) is 19.3 Å². The van der Waals surface area contributed by atoms with Crippen LogP contribution in [0.2, 0.25) is 0 Å². The number of carbonyl (C=O) groups excluding carboxylic acids is 2. The van der Waals surface area contributed by atoms with Crippen molar-refractivity contribution in [1.82, 2.24) is 20.1 Å². The summed E-state index contributed by atoms with van der Waals surface area (Å²) < 4.78 is 10.9. The molecule has 0 atom stereocenters. The van der Waals surface area contributed by atoms with Crippen molar-refractivity contribution in [2.45, 2.75) is 13.0 Å². The topological polar surface area (TPSA) is 124 Å². The summed E-state index contributed by atoms with van der Waals surface area (Å²) in [5.41, 5.74) is 3.56. The van der Waals surface area contributed by atoms with Crippen molar-refractivity contribution < 1.29 is 29.0 Å². The minimum atomic E-state index is -0.250. The Bertz CT molecular complexity index is 954. The lowest BCUT2D eigenvalue weighted by Gasteiger charge is -2.26. The highest BCUT2D eigenvalue weighted by atomic mass is 16.5. The Balaban J connectivity index is 0.000000968. The van der Waals surface area contributed by atoms with Crippen LogP contribution in [0, 0.1) is 0 Å². The summed E-state index contributed by atoms with van der Waals surface area (Å²) in [5, 5.41) is 9.80. The molecule has 10 heteroatoms. The Labute approximate surface area is 192 Å². The van der Waals surface area contributed by atoms with Gasteiger partial charge in [-0.15, -0.1) is 0 Å². The predicted octanol–water partition coefficient (Wildman–Crippen LogP) is 1.19. The van der Waals surface area contributed by atoms with Crippen LogP contribution in [-0.4, -0.2) is 91.2 Å². The number of H-pyrrole nitrogens is 1. The third-order valence-electron chi connectivity index (χ3n) is 5.60. The fourth-order valence-electron chi connectivity index (χ4n) is 3.92. The van der Waals surface area contributed by atoms with Crippen LogP contribution in [0.5, 0.6) is 5.75 Å². The Morgan fingerprint density at radius 3 is 2.70 bits per heavy atom. The highest BCUT2D eigenvalue weighted by Crippen LogP contribution is 2.32. The number of carbonyl (C=O) groups is 3. The van der Waals surface area contributed by atoms with Gasteiger partial charge < -0.3 is 29.8 Å². The molecule has 2 aromatic rings. The van der Waals surface area contributed by atoms with Gasteiger partial charge in [0.25, 0.3) is 12.4 Å². The zero-order chi connectivity index (χ0) is 23.6. The van der Waals surface area contributed by atoms with Gasteiger partial charge in [-0.05, 0) is 23.8 Å². The van der Waals surface area contributed by atoms with E-state index in [0.29, 0.717) is 45.0 Å². The fourth-order valence-corrected chi connectivity index (χ4v) is 3.92. The molecule has 3 heterocycles. The monoisotopic (exact) mass is 458 g/mol. The Morgan fingerprint density at radius 1 is 1.21 bits per heavy atom. The van der Waals surface area contributed by atoms with Crippen molar-refractivity contribution in [3.63, 3.8) is 0 Å². The van der Waals surface area contributed by atoms with E-state index in [2.05, 4.69) is 27.3 Å². The molecule has 2 amide bonds. The van der Waals surface area contributed by atoms with Gasteiger partial charge in [0.15, 0.2) is 0 Å². The smallest absolute Gasteiger partial charge is 0.290 e. The van der Waals surface area contributed by atoms with E-state index in [1.54, 1.807) is 12.0 Å². The van der Waals surface area contributed by atoms with E-state index >= 15 is 0 Å². The highest BCUT2D eigenvalue weighted by Gasteiger charge is 2.21. The number of ether oxygens (including phenoxy) is 2. The average molecular weight is 459 g/mol. The van der Waals surface area contributed by atoms with Crippen LogP contribution in [0.3, 0.4) is 0 Å². The number of morpholine rings is 1. The lowest BCUT2D eigenvalue weighted by Crippen LogP contribution is -2.40. The van der Waals surface area contributed by atoms with Gasteiger partial charge in [-0.2, -0.15) is 0 Å². The molecule has 1 aromatic carbocycles. The number of rotatable bonds is 5. The normalized spacial score (nSPS) is 16.8. The summed E-state index contributed by atoms with van der Waals surface area (Å²) in [7, 11) is 1.65. The van der Waals surface area contributed by atoms with Gasteiger partial charge in [0.05, 0.1) is 20.3 Å². The van der Waals surface area contributed by atoms with Crippen molar-refractivity contribution >= 4 is 18.3 Å². The first kappa shape index (κ1) is 24.3. The number of methoxy groups -OCH3 is 1. The maximum atomic E-state index is 12.8. The molecule has 0 radical (unpaired) electrons. The van der Waals surface area contributed by atoms with Crippen LogP contribution in [0.25, 0.3) is 11.1 Å². The molecule has 2 saturated heterocycles. The summed E-state index contributed by atoms with van der Waals surface area (Å²) in [6.07, 6.45) is 2.37. The third kappa shape index (κ3) is 6.56. The molecule has 0 saturated carbocycles. The number of hydrogen-bond acceptors (Lipinski definition) is 6. The third-order valence-corrected chi connectivity index (χ3v) is 5.60. The fraction of sp³-hybridized carbons (Fsp3) is 0.435. The van der Waals surface area contributed by atoms with Crippen molar-refractivity contribution in [1.29, 1.82) is 0 Å². The van der Waals surface area contributed by atoms with Crippen LogP contribution in [0.15, 0.2) is 30.5 Å². The van der Waals surface area contributed by atoms with Crippen molar-refractivity contribution in [3.05, 3.63) is 41.7 Å². The zero-order valence-corrected chi connectivity index (χ0v) is 18.7. The number of benzene rings is 1. The van der Waals surface area contributed by atoms with E-state index < -0.39 is 0 Å². The Hall–Kier alpha value is -3.37. The molecular formula is C23H30N4O6. The van der Waals surface area contributed by atoms with E-state index in [1.165, 1.54) is 0 Å². The molecule has 2 aliphatic rings. The van der Waals surface area contributed by atoms with E-state index in [0.717, 1.165) is 42.1 Å². The molecule has 0 spiro atoms. The number of aromatic nitrogens is 1. The lowest BCUT2D eigenvalue weighted by atomic mass is 10.0. The highest BCUT2D eigenvalue weighted by molar-refractivity contribution is 5.94. The van der Waals surface area contributed by atoms with E-state index in [9.17, 15) is 9.59 Å². The second-order valence-corrected chi connectivity index (χ2v) is 7.72. The number of hydrogen-bond donors (Lipinski definition) is 3. The molecule has 178 valence electrons. The molecule has 33 heavy (non-hydrogen) atoms. The SMILES string of the molecule is COc1ccc(CN2CCNC(=O)CC2)cc1-c1c[nH]c(C(=O)N2CCOCC2)c1.O=CO. The number of aromatic amines is 1. The van der Waals surface area contributed by atoms with Crippen LogP contribution >= 0.6 is 0 Å². The van der Waals surface area contributed by atoms with Crippen LogP contribution < -0.4 is 10.1 Å². The summed E-state index contributed by atoms with van der Waals surface area (Å²) >= 11 is 0. The quantitative estimate of drug-likeness (QED) is 0.575. The minimum absolute atomic E-state index is 0.0126. The van der Waals surface area contributed by atoms with Gasteiger partial charge in [0.1, 0.15) is 11.4 Å². The van der Waals surface area contributed by atoms with Crippen LogP contribution in [0.1, 0.15) is 22.5 Å². The Morgan fingerprint density at radius 2 is 1.97 bits per heavy atom. The first-order valence-corrected chi connectivity index (χ1v) is 10.9. The molecule has 3 N–H and O–H groups in total. The minimum Gasteiger partial charge on any atom is -0.496 e. The maximum Gasteiger partial charge on any atom is 0.290 e. The molecule has 0 unspecified atom stereocenters. The average Bonchev–Trinajstić information content (AvgIpc) is 3.24. The van der Waals surface area contributed by atoms with E-state index in [4.69, 9.17) is 19.4 Å². The summed E-state index contributed by atoms with van der Waals surface area (Å²) in [6, 6.07) is 8.00. The van der Waals surface area contributed by atoms with Gasteiger partial charge in [-0.1, -0.05) is 6.07 Å². The second kappa shape index (κ2) is 12.0. The molecule has 0 bridgehead atoms. The number of amides is 2. The van der Waals surface area contributed by atoms with Gasteiger partial charge in [0.2, 0.25) is 5.91 Å². The standard InChI is InChI=1S/C22H28N4O4.CH2O2/c1-29-20-3-2-16(15-25-6-4-21(27)23-5-7-25)12-18(20)17-13-19(24-14-17)22(28)26-8-10-30-11-9-26;2-1-3/h2-3,12-14,24H,4-11,15H2,1H3,(H,23,27);1H,(H,2,3). The molecular weight excluding hydrogens is 428 g/mol. The van der Waals surface area contributed by atoms with Crippen molar-refractivity contribution in [3.8, 4) is 16.9 Å². The maximum absolute atomic E-state index is 12.8. The zero-order valence-electron chi connectivity index (χ0n) is 18.7. The number of nitrogens with zero attached hydrogens (tertiary/aromatic N) is 2. The second-order valence-electron chi connectivity index (χ2n) is 7.72. The number of nitrogens with one attached hydrogen (secondary N) is 2. The van der Waals surface area contributed by atoms with Gasteiger partial charge >= 0.3 is 0 Å². The lowest BCUT2D eigenvalue weighted by molar-refractivity contribution is -0.123. The molecule has 0 aliphatic carbocycles. The summed E-state index contributed by atoms with van der Waals surface area (Å²) in [6.45, 7) is 5.13. The molecule has 1 aromatic heterocycles. The van der Waals surface area contributed by atoms with Gasteiger partial charge in [-0.25, -0.2) is 0 Å². The summed E-state index contributed by atoms with van der Waals surface area (Å²) in [4.78, 5) is 39.9. The molecule has 2 aliphatic heterocycles. The first-order valence-electron chi connectivity index (χ1n) is 10.9. The van der Waals surface area contributed by atoms with E-state index in [-0.39, 0.29) is 18.3 Å². The van der Waals surface area contributed by atoms with E-state index in [1.807, 2.05) is 18.3 Å². The summed E-state index contributed by atoms with van der Waals surface area (Å²) in [5.74, 6) is 0.856. The van der Waals surface area contributed by atoms with Crippen molar-refractivity contribution in [2.24, 2.45) is 0 Å².